The molecular weight excluding hydrogens is 310 g/mol. The van der Waals surface area contributed by atoms with E-state index in [1.165, 1.54) is 7.11 Å². The van der Waals surface area contributed by atoms with E-state index < -0.39 is 0 Å². The molecule has 3 aromatic rings. The fourth-order valence-corrected chi connectivity index (χ4v) is 3.05. The molecule has 23 heavy (non-hydrogen) atoms. The van der Waals surface area contributed by atoms with E-state index in [1.54, 1.807) is 18.3 Å². The van der Waals surface area contributed by atoms with E-state index in [1.807, 2.05) is 12.1 Å². The molecule has 0 aliphatic carbocycles. The van der Waals surface area contributed by atoms with Gasteiger partial charge in [-0.3, -0.25) is 4.98 Å². The lowest BCUT2D eigenvalue weighted by Gasteiger charge is -2.13. The van der Waals surface area contributed by atoms with Crippen molar-refractivity contribution in [2.24, 2.45) is 0 Å². The predicted molar refractivity (Wildman–Crippen MR) is 93.0 cm³/mol. The summed E-state index contributed by atoms with van der Waals surface area (Å²) in [6.07, 6.45) is 1.66. The van der Waals surface area contributed by atoms with Crippen molar-refractivity contribution in [2.45, 2.75) is 13.8 Å². The standard InChI is InChI=1S/C19H16ClNO2/c1-11-5-4-6-12(2)17(11)18-15-9-13(19(22)23-3)7-8-14(15)16(20)10-21-18/h4-10H,1-3H3. The summed E-state index contributed by atoms with van der Waals surface area (Å²) in [5, 5.41) is 2.27. The Kier molecular flexibility index (Phi) is 4.05. The van der Waals surface area contributed by atoms with Crippen LogP contribution in [0, 0.1) is 13.8 Å². The number of halogens is 1. The van der Waals surface area contributed by atoms with Gasteiger partial charge in [-0.25, -0.2) is 4.79 Å². The number of carbonyl (C=O) groups is 1. The van der Waals surface area contributed by atoms with Gasteiger partial charge in [0.15, 0.2) is 0 Å². The average Bonchev–Trinajstić information content (AvgIpc) is 2.55. The normalized spacial score (nSPS) is 10.8. The molecule has 0 N–H and O–H groups in total. The van der Waals surface area contributed by atoms with Gasteiger partial charge in [0, 0.05) is 22.5 Å². The Morgan fingerprint density at radius 2 is 1.78 bits per heavy atom. The molecular formula is C19H16ClNO2. The van der Waals surface area contributed by atoms with E-state index in [0.29, 0.717) is 10.6 Å². The second kappa shape index (κ2) is 6.01. The van der Waals surface area contributed by atoms with Crippen molar-refractivity contribution >= 4 is 28.3 Å². The summed E-state index contributed by atoms with van der Waals surface area (Å²) < 4.78 is 4.82. The van der Waals surface area contributed by atoms with Crippen LogP contribution >= 0.6 is 11.6 Å². The van der Waals surface area contributed by atoms with Crippen LogP contribution in [0.15, 0.2) is 42.6 Å². The number of carbonyl (C=O) groups excluding carboxylic acids is 1. The lowest BCUT2D eigenvalue weighted by molar-refractivity contribution is 0.0601. The Hall–Kier alpha value is -2.39. The first-order chi connectivity index (χ1) is 11.0. The largest absolute Gasteiger partial charge is 0.465 e. The van der Waals surface area contributed by atoms with E-state index >= 15 is 0 Å². The van der Waals surface area contributed by atoms with Crippen molar-refractivity contribution in [2.75, 3.05) is 7.11 Å². The topological polar surface area (TPSA) is 39.2 Å². The molecule has 0 unspecified atom stereocenters. The molecule has 3 nitrogen and oxygen atoms in total. The quantitative estimate of drug-likeness (QED) is 0.625. The second-order valence-corrected chi connectivity index (χ2v) is 5.88. The molecule has 0 saturated heterocycles. The molecule has 0 fully saturated rings. The van der Waals surface area contributed by atoms with Gasteiger partial charge >= 0.3 is 5.97 Å². The number of ether oxygens (including phenoxy) is 1. The van der Waals surface area contributed by atoms with Gasteiger partial charge in [0.2, 0.25) is 0 Å². The zero-order valence-electron chi connectivity index (χ0n) is 13.2. The molecule has 0 spiro atoms. The average molecular weight is 326 g/mol. The zero-order chi connectivity index (χ0) is 16.6. The fraction of sp³-hybridized carbons (Fsp3) is 0.158. The van der Waals surface area contributed by atoms with Crippen LogP contribution in [0.5, 0.6) is 0 Å². The molecule has 2 aromatic carbocycles. The summed E-state index contributed by atoms with van der Waals surface area (Å²) in [5.74, 6) is -0.376. The van der Waals surface area contributed by atoms with Crippen LogP contribution < -0.4 is 0 Å². The van der Waals surface area contributed by atoms with Gasteiger partial charge in [-0.15, -0.1) is 0 Å². The number of esters is 1. The molecule has 0 aliphatic heterocycles. The summed E-state index contributed by atoms with van der Waals surface area (Å²) >= 11 is 6.28. The maximum Gasteiger partial charge on any atom is 0.337 e. The highest BCUT2D eigenvalue weighted by Gasteiger charge is 2.15. The zero-order valence-corrected chi connectivity index (χ0v) is 13.9. The third kappa shape index (κ3) is 2.68. The maximum absolute atomic E-state index is 11.8. The molecule has 3 rings (SSSR count). The van der Waals surface area contributed by atoms with Crippen molar-refractivity contribution < 1.29 is 9.53 Å². The SMILES string of the molecule is COC(=O)c1ccc2c(Cl)cnc(-c3c(C)cccc3C)c2c1. The molecule has 0 atom stereocenters. The number of benzene rings is 2. The fourth-order valence-electron chi connectivity index (χ4n) is 2.84. The lowest BCUT2D eigenvalue weighted by Crippen LogP contribution is -2.01. The van der Waals surface area contributed by atoms with Crippen LogP contribution in [0.2, 0.25) is 5.02 Å². The minimum atomic E-state index is -0.376. The Morgan fingerprint density at radius 1 is 1.09 bits per heavy atom. The van der Waals surface area contributed by atoms with Gasteiger partial charge in [0.05, 0.1) is 23.4 Å². The number of aromatic nitrogens is 1. The molecule has 0 aliphatic rings. The van der Waals surface area contributed by atoms with Crippen LogP contribution in [-0.2, 0) is 4.74 Å². The Balaban J connectivity index is 2.37. The minimum absolute atomic E-state index is 0.376. The van der Waals surface area contributed by atoms with Gasteiger partial charge in [0.25, 0.3) is 0 Å². The van der Waals surface area contributed by atoms with Crippen molar-refractivity contribution in [3.63, 3.8) is 0 Å². The Morgan fingerprint density at radius 3 is 2.43 bits per heavy atom. The Bertz CT molecular complexity index is 898. The first-order valence-electron chi connectivity index (χ1n) is 7.26. The highest BCUT2D eigenvalue weighted by molar-refractivity contribution is 6.35. The molecule has 0 radical (unpaired) electrons. The number of rotatable bonds is 2. The highest BCUT2D eigenvalue weighted by atomic mass is 35.5. The summed E-state index contributed by atoms with van der Waals surface area (Å²) in [6, 6.07) is 11.5. The van der Waals surface area contributed by atoms with Gasteiger partial charge in [-0.1, -0.05) is 35.9 Å². The van der Waals surface area contributed by atoms with Crippen LogP contribution in [-0.4, -0.2) is 18.1 Å². The minimum Gasteiger partial charge on any atom is -0.465 e. The smallest absolute Gasteiger partial charge is 0.337 e. The van der Waals surface area contributed by atoms with Crippen LogP contribution in [0.3, 0.4) is 0 Å². The van der Waals surface area contributed by atoms with Gasteiger partial charge in [0.1, 0.15) is 0 Å². The predicted octanol–water partition coefficient (Wildman–Crippen LogP) is 4.96. The van der Waals surface area contributed by atoms with Crippen molar-refractivity contribution in [3.05, 3.63) is 64.3 Å². The van der Waals surface area contributed by atoms with Crippen LogP contribution in [0.4, 0.5) is 0 Å². The van der Waals surface area contributed by atoms with Crippen molar-refractivity contribution in [3.8, 4) is 11.3 Å². The number of aryl methyl sites for hydroxylation is 2. The van der Waals surface area contributed by atoms with Gasteiger partial charge < -0.3 is 4.74 Å². The molecule has 1 heterocycles. The summed E-state index contributed by atoms with van der Waals surface area (Å²) in [4.78, 5) is 16.4. The third-order valence-corrected chi connectivity index (χ3v) is 4.28. The molecule has 4 heteroatoms. The number of pyridine rings is 1. The van der Waals surface area contributed by atoms with E-state index in [2.05, 4.69) is 31.0 Å². The first kappa shape index (κ1) is 15.5. The number of nitrogens with zero attached hydrogens (tertiary/aromatic N) is 1. The number of hydrogen-bond acceptors (Lipinski definition) is 3. The van der Waals surface area contributed by atoms with E-state index in [-0.39, 0.29) is 5.97 Å². The summed E-state index contributed by atoms with van der Waals surface area (Å²) in [6.45, 7) is 4.10. The molecule has 0 saturated carbocycles. The van der Waals surface area contributed by atoms with Crippen LogP contribution in [0.25, 0.3) is 22.0 Å². The van der Waals surface area contributed by atoms with Crippen molar-refractivity contribution in [1.29, 1.82) is 0 Å². The first-order valence-corrected chi connectivity index (χ1v) is 7.64. The monoisotopic (exact) mass is 325 g/mol. The van der Waals surface area contributed by atoms with Crippen LogP contribution in [0.1, 0.15) is 21.5 Å². The maximum atomic E-state index is 11.8. The van der Waals surface area contributed by atoms with Crippen molar-refractivity contribution in [1.82, 2.24) is 4.98 Å². The number of methoxy groups -OCH3 is 1. The molecule has 116 valence electrons. The third-order valence-electron chi connectivity index (χ3n) is 3.98. The lowest BCUT2D eigenvalue weighted by atomic mass is 9.95. The molecule has 0 bridgehead atoms. The second-order valence-electron chi connectivity index (χ2n) is 5.47. The van der Waals surface area contributed by atoms with E-state index in [4.69, 9.17) is 16.3 Å². The van der Waals surface area contributed by atoms with Gasteiger partial charge in [-0.05, 0) is 37.1 Å². The molecule has 0 amide bonds. The number of fused-ring (bicyclic) bond motifs is 1. The molecule has 1 aromatic heterocycles. The van der Waals surface area contributed by atoms with Gasteiger partial charge in [-0.2, -0.15) is 0 Å². The summed E-state index contributed by atoms with van der Waals surface area (Å²) in [7, 11) is 1.37. The Labute approximate surface area is 139 Å². The summed E-state index contributed by atoms with van der Waals surface area (Å²) in [5.41, 5.74) is 4.63. The highest BCUT2D eigenvalue weighted by Crippen LogP contribution is 2.35. The van der Waals surface area contributed by atoms with E-state index in [0.717, 1.165) is 33.2 Å². The number of hydrogen-bond donors (Lipinski definition) is 0. The van der Waals surface area contributed by atoms with E-state index in [9.17, 15) is 4.79 Å².